The van der Waals surface area contributed by atoms with Crippen molar-refractivity contribution >= 4 is 29.2 Å². The van der Waals surface area contributed by atoms with E-state index in [0.717, 1.165) is 6.07 Å². The fraction of sp³-hybridized carbons (Fsp3) is 0.273. The largest absolute Gasteiger partial charge is 0.573 e. The number of rotatable bonds is 9. The number of thioether (sulfide) groups is 1. The summed E-state index contributed by atoms with van der Waals surface area (Å²) in [4.78, 5) is 10.6. The summed E-state index contributed by atoms with van der Waals surface area (Å²) < 4.78 is 80.1. The third kappa shape index (κ3) is 9.17. The van der Waals surface area contributed by atoms with Crippen LogP contribution in [0.4, 0.5) is 43.8 Å². The van der Waals surface area contributed by atoms with Gasteiger partial charge in [-0.2, -0.15) is 18.2 Å². The van der Waals surface area contributed by atoms with Gasteiger partial charge in [0.2, 0.25) is 5.95 Å². The molecule has 0 unspecified atom stereocenters. The van der Waals surface area contributed by atoms with Crippen LogP contribution in [0.1, 0.15) is 0 Å². The molecule has 6 nitrogen and oxygen atoms in total. The summed E-state index contributed by atoms with van der Waals surface area (Å²) in [5.74, 6) is 0.00980. The van der Waals surface area contributed by atoms with Crippen LogP contribution >= 0.6 is 11.8 Å². The first-order valence-corrected chi connectivity index (χ1v) is 10.9. The molecule has 0 aliphatic carbocycles. The van der Waals surface area contributed by atoms with Crippen molar-refractivity contribution in [3.05, 3.63) is 54.6 Å². The number of benzene rings is 2. The normalized spacial score (nSPS) is 12.0. The van der Waals surface area contributed by atoms with Crippen molar-refractivity contribution in [3.8, 4) is 17.0 Å². The lowest BCUT2D eigenvalue weighted by Crippen LogP contribution is -2.21. The van der Waals surface area contributed by atoms with Gasteiger partial charge in [0.25, 0.3) is 0 Å². The highest BCUT2D eigenvalue weighted by atomic mass is 32.2. The Hall–Kier alpha value is -3.19. The maximum absolute atomic E-state index is 12.7. The summed E-state index contributed by atoms with van der Waals surface area (Å²) in [7, 11) is 3.76. The molecule has 13 heteroatoms. The number of nitrogens with zero attached hydrogens (tertiary/aromatic N) is 3. The minimum absolute atomic E-state index is 0.0156. The minimum atomic E-state index is -4.85. The Bertz CT molecular complexity index is 1140. The quantitative estimate of drug-likeness (QED) is 0.253. The third-order valence-electron chi connectivity index (χ3n) is 4.27. The van der Waals surface area contributed by atoms with Crippen LogP contribution in [0.2, 0.25) is 0 Å². The van der Waals surface area contributed by atoms with Gasteiger partial charge in [0.15, 0.2) is 0 Å². The van der Waals surface area contributed by atoms with E-state index in [4.69, 9.17) is 0 Å². The van der Waals surface area contributed by atoms with Gasteiger partial charge >= 0.3 is 11.9 Å². The molecule has 35 heavy (non-hydrogen) atoms. The third-order valence-corrected chi connectivity index (χ3v) is 4.99. The van der Waals surface area contributed by atoms with Gasteiger partial charge in [-0.1, -0.05) is 18.2 Å². The molecule has 0 aliphatic rings. The van der Waals surface area contributed by atoms with Crippen LogP contribution in [0.5, 0.6) is 5.75 Å². The Morgan fingerprint density at radius 3 is 2.37 bits per heavy atom. The second-order valence-electron chi connectivity index (χ2n) is 7.47. The molecule has 0 spiro atoms. The molecule has 0 fully saturated rings. The highest BCUT2D eigenvalue weighted by Gasteiger charge is 2.31. The standard InChI is InChI=1S/C22H21F6N5OS/c1-33(2)10-9-29-20-31-18(14-5-3-7-16(11-14)34-21(23,24)25)13-19(32-20)30-15-6-4-8-17(12-15)35-22(26,27)28/h3-8,11-13H,9-10H2,1-2H3,(H2,29,30,31,32). The Kier molecular flexibility index (Phi) is 8.33. The van der Waals surface area contributed by atoms with E-state index in [1.54, 1.807) is 12.1 Å². The zero-order chi connectivity index (χ0) is 25.6. The number of anilines is 3. The summed E-state index contributed by atoms with van der Waals surface area (Å²) >= 11 is -0.247. The lowest BCUT2D eigenvalue weighted by molar-refractivity contribution is -0.274. The second kappa shape index (κ2) is 11.0. The van der Waals surface area contributed by atoms with Gasteiger partial charge in [-0.25, -0.2) is 4.98 Å². The topological polar surface area (TPSA) is 62.3 Å². The molecule has 1 heterocycles. The van der Waals surface area contributed by atoms with Crippen LogP contribution in [0, 0.1) is 0 Å². The molecule has 188 valence electrons. The van der Waals surface area contributed by atoms with E-state index in [1.807, 2.05) is 19.0 Å². The van der Waals surface area contributed by atoms with Crippen LogP contribution in [-0.4, -0.2) is 53.9 Å². The van der Waals surface area contributed by atoms with E-state index in [2.05, 4.69) is 25.3 Å². The van der Waals surface area contributed by atoms with E-state index < -0.39 is 17.6 Å². The zero-order valence-electron chi connectivity index (χ0n) is 18.5. The van der Waals surface area contributed by atoms with E-state index in [0.29, 0.717) is 24.3 Å². The fourth-order valence-corrected chi connectivity index (χ4v) is 3.50. The first-order valence-electron chi connectivity index (χ1n) is 10.1. The number of hydrogen-bond acceptors (Lipinski definition) is 7. The number of ether oxygens (including phenoxy) is 1. The van der Waals surface area contributed by atoms with E-state index in [-0.39, 0.29) is 34.1 Å². The molecule has 0 radical (unpaired) electrons. The molecule has 2 N–H and O–H groups in total. The Balaban J connectivity index is 1.92. The number of aromatic nitrogens is 2. The van der Waals surface area contributed by atoms with E-state index >= 15 is 0 Å². The van der Waals surface area contributed by atoms with Crippen molar-refractivity contribution in [3.63, 3.8) is 0 Å². The van der Waals surface area contributed by atoms with Crippen LogP contribution in [0.25, 0.3) is 11.3 Å². The average molecular weight is 517 g/mol. The predicted molar refractivity (Wildman–Crippen MR) is 123 cm³/mol. The molecule has 0 saturated heterocycles. The van der Waals surface area contributed by atoms with Crippen molar-refractivity contribution in [2.45, 2.75) is 16.8 Å². The predicted octanol–water partition coefficient (Wildman–Crippen LogP) is 6.37. The molecule has 3 rings (SSSR count). The Morgan fingerprint density at radius 1 is 0.943 bits per heavy atom. The van der Waals surface area contributed by atoms with Gasteiger partial charge < -0.3 is 20.3 Å². The maximum atomic E-state index is 12.7. The first kappa shape index (κ1) is 26.4. The van der Waals surface area contributed by atoms with Crippen molar-refractivity contribution in [2.24, 2.45) is 0 Å². The highest BCUT2D eigenvalue weighted by Crippen LogP contribution is 2.38. The molecule has 3 aromatic rings. The summed E-state index contributed by atoms with van der Waals surface area (Å²) in [6.45, 7) is 1.13. The van der Waals surface area contributed by atoms with Gasteiger partial charge in [-0.3, -0.25) is 0 Å². The maximum Gasteiger partial charge on any atom is 0.573 e. The number of alkyl halides is 6. The molecule has 0 aliphatic heterocycles. The minimum Gasteiger partial charge on any atom is -0.406 e. The van der Waals surface area contributed by atoms with Gasteiger partial charge in [0, 0.05) is 35.3 Å². The number of halogens is 6. The molecular formula is C22H21F6N5OS. The van der Waals surface area contributed by atoms with E-state index in [1.165, 1.54) is 36.4 Å². The summed E-state index contributed by atoms with van der Waals surface area (Å²) in [5, 5.41) is 5.98. The summed E-state index contributed by atoms with van der Waals surface area (Å²) in [5.41, 5.74) is -3.48. The number of hydrogen-bond donors (Lipinski definition) is 2. The van der Waals surface area contributed by atoms with Crippen LogP contribution in [-0.2, 0) is 0 Å². The zero-order valence-corrected chi connectivity index (χ0v) is 19.4. The molecular weight excluding hydrogens is 496 g/mol. The monoisotopic (exact) mass is 517 g/mol. The van der Waals surface area contributed by atoms with Crippen molar-refractivity contribution in [1.82, 2.24) is 14.9 Å². The lowest BCUT2D eigenvalue weighted by atomic mass is 10.1. The van der Waals surface area contributed by atoms with E-state index in [9.17, 15) is 26.3 Å². The van der Waals surface area contributed by atoms with Crippen molar-refractivity contribution in [2.75, 3.05) is 37.8 Å². The fourth-order valence-electron chi connectivity index (χ4n) is 2.90. The first-order chi connectivity index (χ1) is 16.4. The second-order valence-corrected chi connectivity index (χ2v) is 8.61. The van der Waals surface area contributed by atoms with Crippen LogP contribution in [0.3, 0.4) is 0 Å². The smallest absolute Gasteiger partial charge is 0.406 e. The van der Waals surface area contributed by atoms with Crippen molar-refractivity contribution in [1.29, 1.82) is 0 Å². The molecule has 2 aromatic carbocycles. The van der Waals surface area contributed by atoms with Gasteiger partial charge in [0.05, 0.1) is 5.69 Å². The Labute approximate surface area is 201 Å². The van der Waals surface area contributed by atoms with Gasteiger partial charge in [-0.15, -0.1) is 13.2 Å². The van der Waals surface area contributed by atoms with Crippen LogP contribution in [0.15, 0.2) is 59.5 Å². The van der Waals surface area contributed by atoms with Gasteiger partial charge in [-0.05, 0) is 56.2 Å². The average Bonchev–Trinajstić information content (AvgIpc) is 2.71. The molecule has 1 aromatic heterocycles. The van der Waals surface area contributed by atoms with Crippen LogP contribution < -0.4 is 15.4 Å². The SMILES string of the molecule is CN(C)CCNc1nc(Nc2cccc(SC(F)(F)F)c2)cc(-c2cccc(OC(F)(F)F)c2)n1. The molecule has 0 atom stereocenters. The van der Waals surface area contributed by atoms with Gasteiger partial charge in [0.1, 0.15) is 11.6 Å². The molecule has 0 bridgehead atoms. The highest BCUT2D eigenvalue weighted by molar-refractivity contribution is 8.00. The molecule has 0 saturated carbocycles. The summed E-state index contributed by atoms with van der Waals surface area (Å²) in [6.07, 6.45) is -4.85. The Morgan fingerprint density at radius 2 is 1.69 bits per heavy atom. The summed E-state index contributed by atoms with van der Waals surface area (Å²) in [6, 6.07) is 12.5. The molecule has 0 amide bonds. The number of likely N-dealkylation sites (N-methyl/N-ethyl adjacent to an activating group) is 1. The number of nitrogens with one attached hydrogen (secondary N) is 2. The lowest BCUT2D eigenvalue weighted by Gasteiger charge is -2.14. The van der Waals surface area contributed by atoms with Crippen molar-refractivity contribution < 1.29 is 31.1 Å².